The van der Waals surface area contributed by atoms with Gasteiger partial charge in [0, 0.05) is 24.4 Å². The van der Waals surface area contributed by atoms with Crippen LogP contribution in [0.4, 0.5) is 5.69 Å². The number of benzene rings is 3. The molecule has 2 aliphatic rings. The Hall–Kier alpha value is -3.17. The van der Waals surface area contributed by atoms with Gasteiger partial charge in [-0.1, -0.05) is 87.2 Å². The fourth-order valence-electron chi connectivity index (χ4n) is 6.32. The molecule has 1 unspecified atom stereocenters. The minimum absolute atomic E-state index is 0.279. The minimum Gasteiger partial charge on any atom is -0.360 e. The second-order valence-electron chi connectivity index (χ2n) is 11.7. The van der Waals surface area contributed by atoms with Crippen LogP contribution in [0, 0.1) is 0 Å². The molecule has 2 nitrogen and oxygen atoms in total. The number of rotatable bonds is 3. The van der Waals surface area contributed by atoms with Crippen molar-refractivity contribution in [3.05, 3.63) is 89.1 Å². The van der Waals surface area contributed by atoms with Crippen molar-refractivity contribution in [2.45, 2.75) is 51.9 Å². The molecule has 3 heteroatoms. The van der Waals surface area contributed by atoms with Crippen molar-refractivity contribution >= 4 is 41.4 Å². The Balaban J connectivity index is 1.63. The fourth-order valence-corrected chi connectivity index (χ4v) is 7.49. The Labute approximate surface area is 210 Å². The molecule has 0 N–H and O–H groups in total. The average Bonchev–Trinajstić information content (AvgIpc) is 3.15. The third-order valence-electron chi connectivity index (χ3n) is 8.26. The molecule has 3 aromatic carbocycles. The van der Waals surface area contributed by atoms with Gasteiger partial charge in [-0.3, -0.25) is 4.98 Å². The highest BCUT2D eigenvalue weighted by atomic mass is 28.3. The number of aromatic nitrogens is 1. The van der Waals surface area contributed by atoms with Gasteiger partial charge in [-0.05, 0) is 64.1 Å². The van der Waals surface area contributed by atoms with Crippen LogP contribution in [0.15, 0.2) is 66.9 Å². The number of hydrogen-bond donors (Lipinski definition) is 0. The zero-order chi connectivity index (χ0) is 24.7. The third-order valence-corrected chi connectivity index (χ3v) is 10.3. The van der Waals surface area contributed by atoms with Crippen molar-refractivity contribution in [3.63, 3.8) is 0 Å². The van der Waals surface area contributed by atoms with Crippen LogP contribution in [0.5, 0.6) is 0 Å². The Morgan fingerprint density at radius 2 is 1.66 bits per heavy atom. The summed E-state index contributed by atoms with van der Waals surface area (Å²) in [5.41, 5.74) is 10.1. The van der Waals surface area contributed by atoms with E-state index in [0.717, 1.165) is 5.69 Å². The molecule has 35 heavy (non-hydrogen) atoms. The smallest absolute Gasteiger partial charge is 0.0908 e. The number of nitrogens with zero attached hydrogens (tertiary/aromatic N) is 2. The predicted octanol–water partition coefficient (Wildman–Crippen LogP) is 7.79. The molecule has 6 rings (SSSR count). The Morgan fingerprint density at radius 1 is 0.943 bits per heavy atom. The quantitative estimate of drug-likeness (QED) is 0.282. The standard InChI is InChI=1S/C32H34N2Si/c1-20(2)28-25-11-9-8-10-22(25)18-26-30-29-23(16-17-33-30)19-27(32(29,3)34(4)31(26)28)21-12-14-24(15-13-21)35(5,6)7/h8-20H,1-7H3. The van der Waals surface area contributed by atoms with Crippen LogP contribution in [-0.4, -0.2) is 20.1 Å². The van der Waals surface area contributed by atoms with Gasteiger partial charge in [-0.2, -0.15) is 0 Å². The van der Waals surface area contributed by atoms with E-state index in [1.165, 1.54) is 55.0 Å². The summed E-state index contributed by atoms with van der Waals surface area (Å²) in [5, 5.41) is 4.14. The highest BCUT2D eigenvalue weighted by molar-refractivity contribution is 6.88. The molecule has 0 fully saturated rings. The first kappa shape index (κ1) is 22.3. The van der Waals surface area contributed by atoms with Crippen molar-refractivity contribution in [1.82, 2.24) is 4.98 Å². The summed E-state index contributed by atoms with van der Waals surface area (Å²) in [6, 6.07) is 22.8. The van der Waals surface area contributed by atoms with E-state index in [2.05, 4.69) is 119 Å². The molecule has 0 saturated heterocycles. The molecule has 1 aliphatic heterocycles. The molecule has 0 spiro atoms. The summed E-state index contributed by atoms with van der Waals surface area (Å²) in [6.07, 6.45) is 4.39. The molecule has 4 aromatic rings. The maximum atomic E-state index is 5.02. The van der Waals surface area contributed by atoms with Crippen LogP contribution in [0.3, 0.4) is 0 Å². The van der Waals surface area contributed by atoms with E-state index in [1.807, 2.05) is 6.20 Å². The van der Waals surface area contributed by atoms with Gasteiger partial charge in [-0.25, -0.2) is 0 Å². The van der Waals surface area contributed by atoms with Crippen molar-refractivity contribution in [1.29, 1.82) is 0 Å². The number of pyridine rings is 1. The molecule has 176 valence electrons. The van der Waals surface area contributed by atoms with E-state index in [0.29, 0.717) is 5.92 Å². The van der Waals surface area contributed by atoms with E-state index in [-0.39, 0.29) is 5.54 Å². The SMILES string of the molecule is CC(C)c1c2c(cc3ccccc13)-c1nccc3c1C(C)(C(c1ccc([Si](C)(C)C)cc1)=C3)N2C. The van der Waals surface area contributed by atoms with Gasteiger partial charge in [0.05, 0.1) is 25.0 Å². The first-order chi connectivity index (χ1) is 16.6. The lowest BCUT2D eigenvalue weighted by atomic mass is 9.76. The fraction of sp³-hybridized carbons (Fsp3) is 0.281. The number of fused-ring (bicyclic) bond motifs is 3. The molecule has 1 atom stereocenters. The van der Waals surface area contributed by atoms with Crippen molar-refractivity contribution < 1.29 is 0 Å². The summed E-state index contributed by atoms with van der Waals surface area (Å²) in [5.74, 6) is 0.399. The van der Waals surface area contributed by atoms with Crippen LogP contribution >= 0.6 is 0 Å². The molecule has 1 aromatic heterocycles. The second-order valence-corrected chi connectivity index (χ2v) is 16.8. The van der Waals surface area contributed by atoms with Gasteiger partial charge in [0.2, 0.25) is 0 Å². The molecule has 0 bridgehead atoms. The zero-order valence-corrected chi connectivity index (χ0v) is 22.9. The van der Waals surface area contributed by atoms with Crippen molar-refractivity contribution in [2.75, 3.05) is 11.9 Å². The summed E-state index contributed by atoms with van der Waals surface area (Å²) < 4.78 is 0. The number of likely N-dealkylation sites (N-methyl/N-ethyl adjacent to an activating group) is 1. The monoisotopic (exact) mass is 474 g/mol. The van der Waals surface area contributed by atoms with E-state index >= 15 is 0 Å². The van der Waals surface area contributed by atoms with Crippen LogP contribution in [0.1, 0.15) is 48.9 Å². The molecule has 0 amide bonds. The summed E-state index contributed by atoms with van der Waals surface area (Å²) >= 11 is 0. The molecule has 1 aliphatic carbocycles. The van der Waals surface area contributed by atoms with Gasteiger partial charge in [0.1, 0.15) is 0 Å². The molecule has 2 heterocycles. The lowest BCUT2D eigenvalue weighted by molar-refractivity contribution is 0.596. The molecular weight excluding hydrogens is 440 g/mol. The third kappa shape index (κ3) is 3.04. The topological polar surface area (TPSA) is 16.1 Å². The first-order valence-electron chi connectivity index (χ1n) is 12.7. The van der Waals surface area contributed by atoms with E-state index in [4.69, 9.17) is 4.98 Å². The van der Waals surface area contributed by atoms with Crippen LogP contribution in [-0.2, 0) is 5.54 Å². The maximum Gasteiger partial charge on any atom is 0.0908 e. The summed E-state index contributed by atoms with van der Waals surface area (Å²) in [6.45, 7) is 14.3. The van der Waals surface area contributed by atoms with E-state index < -0.39 is 8.07 Å². The van der Waals surface area contributed by atoms with Gasteiger partial charge < -0.3 is 4.90 Å². The lowest BCUT2D eigenvalue weighted by Crippen LogP contribution is -2.45. The number of anilines is 1. The average molecular weight is 475 g/mol. The molecule has 0 saturated carbocycles. The second kappa shape index (κ2) is 7.41. The van der Waals surface area contributed by atoms with Gasteiger partial charge >= 0.3 is 0 Å². The zero-order valence-electron chi connectivity index (χ0n) is 21.9. The highest BCUT2D eigenvalue weighted by Gasteiger charge is 2.48. The lowest BCUT2D eigenvalue weighted by Gasteiger charge is -2.47. The Morgan fingerprint density at radius 3 is 2.34 bits per heavy atom. The summed E-state index contributed by atoms with van der Waals surface area (Å²) in [7, 11) is 0.938. The van der Waals surface area contributed by atoms with Crippen LogP contribution < -0.4 is 10.1 Å². The van der Waals surface area contributed by atoms with Crippen LogP contribution in [0.25, 0.3) is 33.7 Å². The maximum absolute atomic E-state index is 5.02. The highest BCUT2D eigenvalue weighted by Crippen LogP contribution is 2.59. The first-order valence-corrected chi connectivity index (χ1v) is 16.2. The molecular formula is C32H34N2Si. The summed E-state index contributed by atoms with van der Waals surface area (Å²) in [4.78, 5) is 7.56. The molecule has 0 radical (unpaired) electrons. The minimum atomic E-state index is -1.35. The van der Waals surface area contributed by atoms with E-state index in [9.17, 15) is 0 Å². The van der Waals surface area contributed by atoms with Crippen LogP contribution in [0.2, 0.25) is 19.6 Å². The normalized spacial score (nSPS) is 18.6. The largest absolute Gasteiger partial charge is 0.360 e. The van der Waals surface area contributed by atoms with Gasteiger partial charge in [0.25, 0.3) is 0 Å². The van der Waals surface area contributed by atoms with Crippen molar-refractivity contribution in [2.24, 2.45) is 0 Å². The van der Waals surface area contributed by atoms with E-state index in [1.54, 1.807) is 0 Å². The van der Waals surface area contributed by atoms with Gasteiger partial charge in [0.15, 0.2) is 0 Å². The van der Waals surface area contributed by atoms with Crippen molar-refractivity contribution in [3.8, 4) is 11.3 Å². The Bertz CT molecular complexity index is 1520. The van der Waals surface area contributed by atoms with Gasteiger partial charge in [-0.15, -0.1) is 0 Å². The Kier molecular flexibility index (Phi) is 4.72. The predicted molar refractivity (Wildman–Crippen MR) is 154 cm³/mol. The number of hydrogen-bond acceptors (Lipinski definition) is 2.